The van der Waals surface area contributed by atoms with Gasteiger partial charge in [0.2, 0.25) is 0 Å². The maximum Gasteiger partial charge on any atom is 0.184 e. The molecule has 1 fully saturated rings. The smallest absolute Gasteiger partial charge is 0.184 e. The predicted octanol–water partition coefficient (Wildman–Crippen LogP) is 2.48. The molecular formula is C9H14ClN3S. The lowest BCUT2D eigenvalue weighted by Gasteiger charge is -2.28. The molecule has 0 spiro atoms. The van der Waals surface area contributed by atoms with E-state index in [9.17, 15) is 0 Å². The molecule has 1 heterocycles. The van der Waals surface area contributed by atoms with Gasteiger partial charge in [-0.1, -0.05) is 24.4 Å². The van der Waals surface area contributed by atoms with Gasteiger partial charge in [-0.15, -0.1) is 11.3 Å². The molecule has 1 aliphatic rings. The second-order valence-electron chi connectivity index (χ2n) is 3.67. The van der Waals surface area contributed by atoms with Gasteiger partial charge < -0.3 is 11.1 Å². The molecule has 0 radical (unpaired) electrons. The number of hydrogen-bond acceptors (Lipinski definition) is 4. The van der Waals surface area contributed by atoms with Gasteiger partial charge in [-0.2, -0.15) is 0 Å². The zero-order valence-corrected chi connectivity index (χ0v) is 9.44. The number of halogens is 1. The Morgan fingerprint density at radius 2 is 2.29 bits per heavy atom. The van der Waals surface area contributed by atoms with Gasteiger partial charge in [-0.25, -0.2) is 4.98 Å². The summed E-state index contributed by atoms with van der Waals surface area (Å²) < 4.78 is 0. The van der Waals surface area contributed by atoms with E-state index < -0.39 is 0 Å². The quantitative estimate of drug-likeness (QED) is 0.822. The van der Waals surface area contributed by atoms with Crippen LogP contribution in [0.1, 0.15) is 25.7 Å². The fourth-order valence-corrected chi connectivity index (χ4v) is 2.72. The minimum absolute atomic E-state index is 0.256. The van der Waals surface area contributed by atoms with Crippen molar-refractivity contribution in [1.29, 1.82) is 0 Å². The molecule has 78 valence electrons. The number of nitrogens with zero attached hydrogens (tertiary/aromatic N) is 1. The Kier molecular flexibility index (Phi) is 3.26. The number of thiazole rings is 1. The van der Waals surface area contributed by atoms with Gasteiger partial charge >= 0.3 is 0 Å². The van der Waals surface area contributed by atoms with E-state index in [1.165, 1.54) is 24.2 Å². The van der Waals surface area contributed by atoms with Gasteiger partial charge in [0.1, 0.15) is 5.15 Å². The van der Waals surface area contributed by atoms with Gasteiger partial charge in [0, 0.05) is 17.5 Å². The second kappa shape index (κ2) is 4.47. The van der Waals surface area contributed by atoms with Crippen LogP contribution in [-0.4, -0.2) is 17.1 Å². The third-order valence-corrected chi connectivity index (χ3v) is 3.70. The van der Waals surface area contributed by atoms with E-state index in [0.717, 1.165) is 18.0 Å². The van der Waals surface area contributed by atoms with E-state index in [1.54, 1.807) is 0 Å². The first-order valence-electron chi connectivity index (χ1n) is 4.89. The molecule has 0 aromatic carbocycles. The van der Waals surface area contributed by atoms with Crippen LogP contribution in [0.5, 0.6) is 0 Å². The first-order valence-corrected chi connectivity index (χ1v) is 6.14. The van der Waals surface area contributed by atoms with E-state index in [1.807, 2.05) is 5.38 Å². The molecule has 5 heteroatoms. The number of nitrogens with two attached hydrogens (primary N) is 1. The first-order chi connectivity index (χ1) is 6.75. The lowest BCUT2D eigenvalue weighted by molar-refractivity contribution is 0.404. The van der Waals surface area contributed by atoms with E-state index >= 15 is 0 Å². The normalized spacial score (nSPS) is 27.6. The molecule has 3 nitrogen and oxygen atoms in total. The summed E-state index contributed by atoms with van der Waals surface area (Å²) in [6, 6.07) is 0.623. The Balaban J connectivity index is 1.95. The van der Waals surface area contributed by atoms with Gasteiger partial charge in [0.05, 0.1) is 0 Å². The third-order valence-electron chi connectivity index (χ3n) is 2.60. The van der Waals surface area contributed by atoms with Crippen LogP contribution >= 0.6 is 22.9 Å². The molecule has 0 saturated heterocycles. The van der Waals surface area contributed by atoms with Crippen molar-refractivity contribution in [2.45, 2.75) is 37.8 Å². The molecule has 2 atom stereocenters. The van der Waals surface area contributed by atoms with Crippen molar-refractivity contribution < 1.29 is 0 Å². The van der Waals surface area contributed by atoms with Crippen LogP contribution in [0.3, 0.4) is 0 Å². The van der Waals surface area contributed by atoms with Crippen molar-refractivity contribution in [2.24, 2.45) is 5.73 Å². The summed E-state index contributed by atoms with van der Waals surface area (Å²) in [5, 5.41) is 6.62. The molecule has 0 amide bonds. The minimum Gasteiger partial charge on any atom is -0.357 e. The van der Waals surface area contributed by atoms with Crippen LogP contribution in [-0.2, 0) is 0 Å². The Bertz CT molecular complexity index is 302. The first kappa shape index (κ1) is 10.2. The van der Waals surface area contributed by atoms with Crippen molar-refractivity contribution in [1.82, 2.24) is 4.98 Å². The summed E-state index contributed by atoms with van der Waals surface area (Å²) in [4.78, 5) is 4.16. The van der Waals surface area contributed by atoms with Crippen molar-refractivity contribution in [3.8, 4) is 0 Å². The van der Waals surface area contributed by atoms with Gasteiger partial charge in [0.25, 0.3) is 0 Å². The Morgan fingerprint density at radius 3 is 2.93 bits per heavy atom. The third kappa shape index (κ3) is 2.38. The molecule has 0 unspecified atom stereocenters. The summed E-state index contributed by atoms with van der Waals surface area (Å²) in [7, 11) is 0. The predicted molar refractivity (Wildman–Crippen MR) is 61.0 cm³/mol. The van der Waals surface area contributed by atoms with E-state index in [0.29, 0.717) is 11.2 Å². The zero-order valence-electron chi connectivity index (χ0n) is 7.87. The average Bonchev–Trinajstić information content (AvgIpc) is 2.56. The molecule has 0 bridgehead atoms. The molecule has 3 N–H and O–H groups in total. The average molecular weight is 232 g/mol. The number of aromatic nitrogens is 1. The standard InChI is InChI=1S/C9H14ClN3S/c10-8-5-14-9(13-8)12-7-4-2-1-3-6(7)11/h5-7H,1-4,11H2,(H,12,13)/t6-,7-/m1/s1. The van der Waals surface area contributed by atoms with Crippen molar-refractivity contribution in [2.75, 3.05) is 5.32 Å². The summed E-state index contributed by atoms with van der Waals surface area (Å²) >= 11 is 7.28. The van der Waals surface area contributed by atoms with E-state index in [4.69, 9.17) is 17.3 Å². The lowest BCUT2D eigenvalue weighted by Crippen LogP contribution is -2.42. The minimum atomic E-state index is 0.256. The number of rotatable bonds is 2. The fourth-order valence-electron chi connectivity index (χ4n) is 1.82. The van der Waals surface area contributed by atoms with Crippen LogP contribution in [0.25, 0.3) is 0 Å². The van der Waals surface area contributed by atoms with Crippen LogP contribution < -0.4 is 11.1 Å². The van der Waals surface area contributed by atoms with Crippen LogP contribution in [0.2, 0.25) is 5.15 Å². The zero-order chi connectivity index (χ0) is 9.97. The molecule has 2 rings (SSSR count). The molecule has 0 aliphatic heterocycles. The maximum atomic E-state index is 6.01. The Hall–Kier alpha value is -0.320. The van der Waals surface area contributed by atoms with Gasteiger partial charge in [0.15, 0.2) is 5.13 Å². The summed E-state index contributed by atoms with van der Waals surface area (Å²) in [6.45, 7) is 0. The highest BCUT2D eigenvalue weighted by molar-refractivity contribution is 7.14. The molecule has 14 heavy (non-hydrogen) atoms. The SMILES string of the molecule is N[C@@H]1CCCC[C@H]1Nc1nc(Cl)cs1. The van der Waals surface area contributed by atoms with Gasteiger partial charge in [-0.3, -0.25) is 0 Å². The van der Waals surface area contributed by atoms with Crippen molar-refractivity contribution in [3.05, 3.63) is 10.5 Å². The van der Waals surface area contributed by atoms with Crippen LogP contribution in [0.15, 0.2) is 5.38 Å². The van der Waals surface area contributed by atoms with Crippen LogP contribution in [0, 0.1) is 0 Å². The van der Waals surface area contributed by atoms with E-state index in [-0.39, 0.29) is 6.04 Å². The monoisotopic (exact) mass is 231 g/mol. The Labute approximate surface area is 92.7 Å². The highest BCUT2D eigenvalue weighted by Crippen LogP contribution is 2.24. The Morgan fingerprint density at radius 1 is 1.50 bits per heavy atom. The summed E-state index contributed by atoms with van der Waals surface area (Å²) in [6.07, 6.45) is 4.75. The highest BCUT2D eigenvalue weighted by atomic mass is 35.5. The molecule has 1 aromatic rings. The lowest BCUT2D eigenvalue weighted by atomic mass is 9.91. The molecule has 1 aromatic heterocycles. The highest BCUT2D eigenvalue weighted by Gasteiger charge is 2.22. The van der Waals surface area contributed by atoms with Gasteiger partial charge in [-0.05, 0) is 12.8 Å². The second-order valence-corrected chi connectivity index (χ2v) is 4.92. The topological polar surface area (TPSA) is 50.9 Å². The maximum absolute atomic E-state index is 6.01. The molecular weight excluding hydrogens is 218 g/mol. The largest absolute Gasteiger partial charge is 0.357 e. The summed E-state index contributed by atoms with van der Waals surface area (Å²) in [5.41, 5.74) is 6.01. The number of hydrogen-bond donors (Lipinski definition) is 2. The number of nitrogens with one attached hydrogen (secondary N) is 1. The molecule has 1 saturated carbocycles. The summed E-state index contributed by atoms with van der Waals surface area (Å²) in [5.74, 6) is 0. The van der Waals surface area contributed by atoms with Crippen molar-refractivity contribution in [3.63, 3.8) is 0 Å². The van der Waals surface area contributed by atoms with E-state index in [2.05, 4.69) is 10.3 Å². The molecule has 1 aliphatic carbocycles. The van der Waals surface area contributed by atoms with Crippen molar-refractivity contribution >= 4 is 28.1 Å². The fraction of sp³-hybridized carbons (Fsp3) is 0.667. The number of anilines is 1. The van der Waals surface area contributed by atoms with Crippen LogP contribution in [0.4, 0.5) is 5.13 Å².